The molecule has 2 rings (SSSR count). The van der Waals surface area contributed by atoms with Crippen LogP contribution in [0.4, 0.5) is 5.69 Å². The van der Waals surface area contributed by atoms with E-state index < -0.39 is 6.04 Å². The van der Waals surface area contributed by atoms with Gasteiger partial charge in [0, 0.05) is 13.0 Å². The van der Waals surface area contributed by atoms with Gasteiger partial charge in [0.05, 0.1) is 10.7 Å². The number of carbonyl (C=O) groups excluding carboxylic acids is 2. The number of halogens is 1. The summed E-state index contributed by atoms with van der Waals surface area (Å²) in [7, 11) is 0. The number of anilines is 1. The summed E-state index contributed by atoms with van der Waals surface area (Å²) in [6.45, 7) is 1.03. The summed E-state index contributed by atoms with van der Waals surface area (Å²) in [6, 6.07) is 6.74. The van der Waals surface area contributed by atoms with Gasteiger partial charge >= 0.3 is 0 Å². The topological polar surface area (TPSA) is 75.4 Å². The summed E-state index contributed by atoms with van der Waals surface area (Å²) >= 11 is 6.10. The Hall–Kier alpha value is -1.59. The molecule has 1 fully saturated rings. The van der Waals surface area contributed by atoms with Gasteiger partial charge in [0.1, 0.15) is 6.04 Å². The van der Waals surface area contributed by atoms with Crippen LogP contribution in [-0.4, -0.2) is 30.9 Å². The molecule has 0 bridgehead atoms. The summed E-state index contributed by atoms with van der Waals surface area (Å²) in [4.78, 5) is 25.6. The summed E-state index contributed by atoms with van der Waals surface area (Å²) < 4.78 is 0. The van der Waals surface area contributed by atoms with Gasteiger partial charge in [-0.05, 0) is 31.5 Å². The van der Waals surface area contributed by atoms with Crippen LogP contribution in [0.15, 0.2) is 24.3 Å². The van der Waals surface area contributed by atoms with E-state index in [9.17, 15) is 9.59 Å². The zero-order valence-corrected chi connectivity index (χ0v) is 11.9. The zero-order chi connectivity index (χ0) is 14.5. The molecule has 1 atom stereocenters. The maximum atomic E-state index is 12.3. The molecule has 1 aliphatic heterocycles. The SMILES string of the molecule is NCCCC(=O)NC1CCN(c2ccccc2Cl)C1=O. The number of hydrogen-bond donors (Lipinski definition) is 2. The highest BCUT2D eigenvalue weighted by molar-refractivity contribution is 6.34. The quantitative estimate of drug-likeness (QED) is 0.860. The Morgan fingerprint density at radius 1 is 1.45 bits per heavy atom. The second kappa shape index (κ2) is 6.72. The molecule has 0 aliphatic carbocycles. The van der Waals surface area contributed by atoms with Crippen LogP contribution >= 0.6 is 11.6 Å². The maximum Gasteiger partial charge on any atom is 0.249 e. The van der Waals surface area contributed by atoms with Crippen molar-refractivity contribution in [1.29, 1.82) is 0 Å². The van der Waals surface area contributed by atoms with Crippen molar-refractivity contribution in [3.8, 4) is 0 Å². The third-order valence-electron chi connectivity index (χ3n) is 3.29. The van der Waals surface area contributed by atoms with Gasteiger partial charge in [-0.3, -0.25) is 9.59 Å². The zero-order valence-electron chi connectivity index (χ0n) is 11.1. The first-order chi connectivity index (χ1) is 9.63. The molecule has 5 nitrogen and oxygen atoms in total. The molecule has 1 heterocycles. The molecule has 0 saturated carbocycles. The van der Waals surface area contributed by atoms with Crippen molar-refractivity contribution in [2.24, 2.45) is 5.73 Å². The van der Waals surface area contributed by atoms with Crippen LogP contribution in [-0.2, 0) is 9.59 Å². The number of para-hydroxylation sites is 1. The van der Waals surface area contributed by atoms with Gasteiger partial charge < -0.3 is 16.0 Å². The lowest BCUT2D eigenvalue weighted by Crippen LogP contribution is -2.41. The monoisotopic (exact) mass is 295 g/mol. The summed E-state index contributed by atoms with van der Waals surface area (Å²) in [5, 5.41) is 3.29. The van der Waals surface area contributed by atoms with Gasteiger partial charge in [-0.25, -0.2) is 0 Å². The van der Waals surface area contributed by atoms with Gasteiger partial charge in [0.25, 0.3) is 0 Å². The molecule has 1 aromatic rings. The Kier molecular flexibility index (Phi) is 4.98. The lowest BCUT2D eigenvalue weighted by molar-refractivity contribution is -0.126. The van der Waals surface area contributed by atoms with Gasteiger partial charge in [-0.15, -0.1) is 0 Å². The summed E-state index contributed by atoms with van der Waals surface area (Å²) in [5.74, 6) is -0.242. The molecule has 1 unspecified atom stereocenters. The van der Waals surface area contributed by atoms with E-state index in [1.54, 1.807) is 17.0 Å². The normalized spacial score (nSPS) is 18.4. The van der Waals surface area contributed by atoms with E-state index >= 15 is 0 Å². The number of amides is 2. The van der Waals surface area contributed by atoms with Crippen LogP contribution in [0.5, 0.6) is 0 Å². The van der Waals surface area contributed by atoms with Crippen molar-refractivity contribution in [1.82, 2.24) is 5.32 Å². The van der Waals surface area contributed by atoms with E-state index in [2.05, 4.69) is 5.32 Å². The highest BCUT2D eigenvalue weighted by Gasteiger charge is 2.34. The summed E-state index contributed by atoms with van der Waals surface area (Å²) in [6.07, 6.45) is 1.58. The van der Waals surface area contributed by atoms with Crippen molar-refractivity contribution >= 4 is 29.1 Å². The first kappa shape index (κ1) is 14.8. The number of nitrogens with one attached hydrogen (secondary N) is 1. The molecule has 6 heteroatoms. The Balaban J connectivity index is 1.99. The molecule has 3 N–H and O–H groups in total. The largest absolute Gasteiger partial charge is 0.344 e. The number of nitrogens with zero attached hydrogens (tertiary/aromatic N) is 1. The predicted octanol–water partition coefficient (Wildman–Crippen LogP) is 1.30. The lowest BCUT2D eigenvalue weighted by atomic mass is 10.2. The number of benzene rings is 1. The minimum atomic E-state index is -0.462. The van der Waals surface area contributed by atoms with Gasteiger partial charge in [-0.1, -0.05) is 23.7 Å². The minimum Gasteiger partial charge on any atom is -0.344 e. The molecule has 0 spiro atoms. The average Bonchev–Trinajstić information content (AvgIpc) is 2.79. The van der Waals surface area contributed by atoms with E-state index in [-0.39, 0.29) is 11.8 Å². The molecule has 108 valence electrons. The summed E-state index contributed by atoms with van der Waals surface area (Å²) in [5.41, 5.74) is 6.05. The molecule has 1 aliphatic rings. The highest BCUT2D eigenvalue weighted by Crippen LogP contribution is 2.28. The van der Waals surface area contributed by atoms with E-state index in [1.165, 1.54) is 0 Å². The first-order valence-electron chi connectivity index (χ1n) is 6.69. The number of carbonyl (C=O) groups is 2. The Bertz CT molecular complexity index is 507. The second-order valence-electron chi connectivity index (χ2n) is 4.74. The van der Waals surface area contributed by atoms with Crippen molar-refractivity contribution in [3.05, 3.63) is 29.3 Å². The van der Waals surface area contributed by atoms with E-state index in [0.717, 1.165) is 0 Å². The maximum absolute atomic E-state index is 12.3. The van der Waals surface area contributed by atoms with Gasteiger partial charge in [0.2, 0.25) is 11.8 Å². The van der Waals surface area contributed by atoms with Crippen LogP contribution in [0.1, 0.15) is 19.3 Å². The Labute approximate surface area is 123 Å². The van der Waals surface area contributed by atoms with Crippen LogP contribution in [0.3, 0.4) is 0 Å². The second-order valence-corrected chi connectivity index (χ2v) is 5.15. The standard InChI is InChI=1S/C14H18ClN3O2/c15-10-4-1-2-5-12(10)18-9-7-11(14(18)20)17-13(19)6-3-8-16/h1-2,4-5,11H,3,6-9,16H2,(H,17,19). The van der Waals surface area contributed by atoms with Crippen LogP contribution < -0.4 is 16.0 Å². The molecule has 20 heavy (non-hydrogen) atoms. The first-order valence-corrected chi connectivity index (χ1v) is 7.06. The fourth-order valence-corrected chi connectivity index (χ4v) is 2.49. The third kappa shape index (κ3) is 3.29. The molecule has 0 radical (unpaired) electrons. The van der Waals surface area contributed by atoms with Crippen LogP contribution in [0.2, 0.25) is 5.02 Å². The van der Waals surface area contributed by atoms with Crippen LogP contribution in [0, 0.1) is 0 Å². The van der Waals surface area contributed by atoms with Crippen molar-refractivity contribution < 1.29 is 9.59 Å². The molecule has 1 aromatic carbocycles. The molecule has 1 saturated heterocycles. The average molecular weight is 296 g/mol. The van der Waals surface area contributed by atoms with E-state index in [1.807, 2.05) is 12.1 Å². The Morgan fingerprint density at radius 2 is 2.20 bits per heavy atom. The lowest BCUT2D eigenvalue weighted by Gasteiger charge is -2.18. The van der Waals surface area contributed by atoms with Crippen LogP contribution in [0.25, 0.3) is 0 Å². The van der Waals surface area contributed by atoms with Crippen molar-refractivity contribution in [3.63, 3.8) is 0 Å². The Morgan fingerprint density at radius 3 is 2.90 bits per heavy atom. The van der Waals surface area contributed by atoms with Gasteiger partial charge in [-0.2, -0.15) is 0 Å². The minimum absolute atomic E-state index is 0.112. The fourth-order valence-electron chi connectivity index (χ4n) is 2.25. The molecular weight excluding hydrogens is 278 g/mol. The van der Waals surface area contributed by atoms with Crippen molar-refractivity contribution in [2.75, 3.05) is 18.0 Å². The van der Waals surface area contributed by atoms with Gasteiger partial charge in [0.15, 0.2) is 0 Å². The number of nitrogens with two attached hydrogens (primary N) is 1. The van der Waals surface area contributed by atoms with Crippen molar-refractivity contribution in [2.45, 2.75) is 25.3 Å². The number of rotatable bonds is 5. The molecule has 0 aromatic heterocycles. The van der Waals surface area contributed by atoms with E-state index in [0.29, 0.717) is 43.1 Å². The number of hydrogen-bond acceptors (Lipinski definition) is 3. The van der Waals surface area contributed by atoms with E-state index in [4.69, 9.17) is 17.3 Å². The smallest absolute Gasteiger partial charge is 0.249 e. The third-order valence-corrected chi connectivity index (χ3v) is 3.61. The highest BCUT2D eigenvalue weighted by atomic mass is 35.5. The predicted molar refractivity (Wildman–Crippen MR) is 78.6 cm³/mol. The fraction of sp³-hybridized carbons (Fsp3) is 0.429. The molecule has 2 amide bonds. The molecular formula is C14H18ClN3O2.